The van der Waals surface area contributed by atoms with Crippen molar-refractivity contribution < 1.29 is 36.3 Å². The van der Waals surface area contributed by atoms with E-state index in [-0.39, 0.29) is 22.1 Å². The van der Waals surface area contributed by atoms with Gasteiger partial charge in [-0.2, -0.15) is 8.42 Å². The van der Waals surface area contributed by atoms with Gasteiger partial charge in [-0.1, -0.05) is 51.0 Å². The quantitative estimate of drug-likeness (QED) is 0.379. The number of rotatable bonds is 9. The van der Waals surface area contributed by atoms with Crippen LogP contribution in [-0.4, -0.2) is 50.6 Å². The highest BCUT2D eigenvalue weighted by atomic mass is 32.2. The third-order valence-electron chi connectivity index (χ3n) is 7.15. The fraction of sp³-hybridized carbons (Fsp3) is 0.385. The summed E-state index contributed by atoms with van der Waals surface area (Å²) < 4.78 is 57.0. The van der Waals surface area contributed by atoms with Crippen LogP contribution >= 0.6 is 0 Å². The Kier molecular flexibility index (Phi) is 7.43. The molecule has 0 saturated heterocycles. The molecule has 208 valence electrons. The number of anilines is 2. The molecule has 2 atom stereocenters. The number of carbonyl (C=O) groups excluding carboxylic acids is 2. The number of nitrogens with zero attached hydrogens (tertiary/aromatic N) is 1. The van der Waals surface area contributed by atoms with Crippen molar-refractivity contribution in [2.75, 3.05) is 10.0 Å². The number of ketones is 2. The van der Waals surface area contributed by atoms with E-state index in [0.717, 1.165) is 13.0 Å². The molecule has 0 radical (unpaired) electrons. The van der Waals surface area contributed by atoms with E-state index in [9.17, 15) is 31.2 Å². The monoisotopic (exact) mass is 575 g/mol. The Hall–Kier alpha value is -3.58. The normalized spacial score (nSPS) is 20.2. The minimum Gasteiger partial charge on any atom is -0.480 e. The van der Waals surface area contributed by atoms with Crippen LogP contribution in [0.15, 0.2) is 51.8 Å². The molecule has 0 saturated carbocycles. The molecule has 39 heavy (non-hydrogen) atoms. The molecule has 0 bridgehead atoms. The van der Waals surface area contributed by atoms with Crippen molar-refractivity contribution in [3.8, 4) is 0 Å². The number of sulfonamides is 2. The number of hydrogen-bond donors (Lipinski definition) is 3. The number of fused-ring (bicyclic) bond motifs is 2. The number of carbonyl (C=O) groups is 3. The summed E-state index contributed by atoms with van der Waals surface area (Å²) in [6.45, 7) is 4.86. The van der Waals surface area contributed by atoms with Crippen LogP contribution in [0.4, 0.5) is 11.4 Å². The molecule has 2 unspecified atom stereocenters. The minimum absolute atomic E-state index is 0.00488. The van der Waals surface area contributed by atoms with Gasteiger partial charge in [0.2, 0.25) is 10.0 Å². The number of carboxylic acid groups (broad SMARTS) is 1. The summed E-state index contributed by atoms with van der Waals surface area (Å²) in [7, 11) is -8.83. The predicted octanol–water partition coefficient (Wildman–Crippen LogP) is 3.33. The highest BCUT2D eigenvalue weighted by Gasteiger charge is 2.53. The average Bonchev–Trinajstić information content (AvgIpc) is 2.87. The Morgan fingerprint density at radius 3 is 2.38 bits per heavy atom. The Balaban J connectivity index is 1.78. The summed E-state index contributed by atoms with van der Waals surface area (Å²) in [5.74, 6) is -4.30. The standard InChI is InChI=1S/C26H29N3O8S2/c1-4-12-26(13-5-2)18-9-7-6-8-17(18)22(30)21(23(26)31)24-27-19-11-10-16(14-20(19)39(36,37)29-24)28-38(34,35)15(3)25(32)33/h6-11,14-15,21,28H,4-5,12-13H2,1-3H3,(H,27,29)(H,32,33). The van der Waals surface area contributed by atoms with Crippen LogP contribution < -0.4 is 10.0 Å². The number of hydrogen-bond acceptors (Lipinski definition) is 8. The van der Waals surface area contributed by atoms with Crippen molar-refractivity contribution in [1.29, 1.82) is 0 Å². The molecule has 2 aromatic rings. The molecule has 0 aromatic heterocycles. The molecule has 1 aliphatic carbocycles. The summed E-state index contributed by atoms with van der Waals surface area (Å²) in [6.07, 6.45) is 2.30. The SMILES string of the molecule is CCCC1(CCC)C(=O)C(C2=NS(=O)(=O)c3cc(NS(=O)(=O)C(C)C(=O)O)ccc3N2)C(=O)c2ccccc21. The van der Waals surface area contributed by atoms with Crippen molar-refractivity contribution in [2.24, 2.45) is 10.3 Å². The first kappa shape index (κ1) is 28.4. The first-order valence-corrected chi connectivity index (χ1v) is 15.5. The zero-order valence-electron chi connectivity index (χ0n) is 21.6. The summed E-state index contributed by atoms with van der Waals surface area (Å²) in [5.41, 5.74) is -0.156. The Bertz CT molecular complexity index is 1610. The van der Waals surface area contributed by atoms with Gasteiger partial charge in [0.05, 0.1) is 16.8 Å². The molecular formula is C26H29N3O8S2. The third-order valence-corrected chi connectivity index (χ3v) is 10.1. The molecule has 1 heterocycles. The average molecular weight is 576 g/mol. The summed E-state index contributed by atoms with van der Waals surface area (Å²) in [4.78, 5) is 38.4. The van der Waals surface area contributed by atoms with Crippen LogP contribution in [0.5, 0.6) is 0 Å². The van der Waals surface area contributed by atoms with E-state index in [1.165, 1.54) is 12.1 Å². The van der Waals surface area contributed by atoms with Crippen molar-refractivity contribution in [3.63, 3.8) is 0 Å². The highest BCUT2D eigenvalue weighted by molar-refractivity contribution is 7.94. The Labute approximate surface area is 226 Å². The molecule has 2 aliphatic rings. The smallest absolute Gasteiger partial charge is 0.323 e. The van der Waals surface area contributed by atoms with E-state index in [1.807, 2.05) is 13.8 Å². The van der Waals surface area contributed by atoms with Gasteiger partial charge in [-0.3, -0.25) is 19.1 Å². The zero-order chi connectivity index (χ0) is 28.8. The van der Waals surface area contributed by atoms with Crippen LogP contribution in [0.2, 0.25) is 0 Å². The minimum atomic E-state index is -4.47. The maximum absolute atomic E-state index is 14.1. The van der Waals surface area contributed by atoms with Gasteiger partial charge in [-0.15, -0.1) is 4.40 Å². The van der Waals surface area contributed by atoms with E-state index < -0.39 is 54.2 Å². The molecule has 11 nitrogen and oxygen atoms in total. The van der Waals surface area contributed by atoms with Gasteiger partial charge >= 0.3 is 5.97 Å². The number of aliphatic carboxylic acids is 1. The summed E-state index contributed by atoms with van der Waals surface area (Å²) in [5, 5.41) is 10.1. The molecule has 13 heteroatoms. The van der Waals surface area contributed by atoms with Gasteiger partial charge in [-0.05, 0) is 43.5 Å². The van der Waals surface area contributed by atoms with Crippen molar-refractivity contribution >= 4 is 54.8 Å². The van der Waals surface area contributed by atoms with E-state index >= 15 is 0 Å². The van der Waals surface area contributed by atoms with Gasteiger partial charge in [0.25, 0.3) is 10.0 Å². The largest absolute Gasteiger partial charge is 0.480 e. The molecule has 1 aliphatic heterocycles. The Morgan fingerprint density at radius 2 is 1.77 bits per heavy atom. The molecule has 2 aromatic carbocycles. The molecule has 0 fully saturated rings. The highest BCUT2D eigenvalue weighted by Crippen LogP contribution is 2.45. The second-order valence-corrected chi connectivity index (χ2v) is 13.3. The van der Waals surface area contributed by atoms with Crippen molar-refractivity contribution in [3.05, 3.63) is 53.6 Å². The lowest BCUT2D eigenvalue weighted by molar-refractivity contribution is -0.136. The lowest BCUT2D eigenvalue weighted by Crippen LogP contribution is -2.52. The van der Waals surface area contributed by atoms with Crippen LogP contribution in [0, 0.1) is 5.92 Å². The van der Waals surface area contributed by atoms with Crippen LogP contribution in [-0.2, 0) is 35.1 Å². The maximum Gasteiger partial charge on any atom is 0.323 e. The number of benzene rings is 2. The molecule has 0 amide bonds. The third kappa shape index (κ3) is 4.84. The van der Waals surface area contributed by atoms with E-state index in [1.54, 1.807) is 24.3 Å². The number of Topliss-reactive ketones (excluding diaryl/α,β-unsaturated/α-hetero) is 2. The van der Waals surface area contributed by atoms with Gasteiger partial charge in [0, 0.05) is 5.56 Å². The second-order valence-electron chi connectivity index (χ2n) is 9.70. The van der Waals surface area contributed by atoms with E-state index in [0.29, 0.717) is 36.8 Å². The fourth-order valence-electron chi connectivity index (χ4n) is 5.29. The second kappa shape index (κ2) is 10.2. The Morgan fingerprint density at radius 1 is 1.13 bits per heavy atom. The van der Waals surface area contributed by atoms with Gasteiger partial charge in [0.15, 0.2) is 16.8 Å². The fourth-order valence-corrected chi connectivity index (χ4v) is 7.37. The molecule has 0 spiro atoms. The maximum atomic E-state index is 14.1. The topological polar surface area (TPSA) is 176 Å². The first-order valence-electron chi connectivity index (χ1n) is 12.5. The van der Waals surface area contributed by atoms with E-state index in [2.05, 4.69) is 14.4 Å². The zero-order valence-corrected chi connectivity index (χ0v) is 23.2. The lowest BCUT2D eigenvalue weighted by Gasteiger charge is -2.41. The molecule has 4 rings (SSSR count). The van der Waals surface area contributed by atoms with E-state index in [4.69, 9.17) is 5.11 Å². The molecular weight excluding hydrogens is 546 g/mol. The molecule has 3 N–H and O–H groups in total. The lowest BCUT2D eigenvalue weighted by atomic mass is 9.60. The first-order chi connectivity index (χ1) is 18.3. The van der Waals surface area contributed by atoms with Crippen molar-refractivity contribution in [2.45, 2.75) is 62.0 Å². The van der Waals surface area contributed by atoms with Gasteiger partial charge in [-0.25, -0.2) is 8.42 Å². The van der Waals surface area contributed by atoms with Crippen LogP contribution in [0.1, 0.15) is 62.4 Å². The van der Waals surface area contributed by atoms with Crippen LogP contribution in [0.3, 0.4) is 0 Å². The number of nitrogens with one attached hydrogen (secondary N) is 2. The number of carboxylic acids is 1. The predicted molar refractivity (Wildman–Crippen MR) is 145 cm³/mol. The van der Waals surface area contributed by atoms with Gasteiger partial charge < -0.3 is 10.4 Å². The summed E-state index contributed by atoms with van der Waals surface area (Å²) in [6, 6.07) is 10.4. The number of amidine groups is 1. The van der Waals surface area contributed by atoms with Gasteiger partial charge in [0.1, 0.15) is 16.6 Å². The van der Waals surface area contributed by atoms with Crippen molar-refractivity contribution in [1.82, 2.24) is 0 Å². The van der Waals surface area contributed by atoms with Crippen LogP contribution in [0.25, 0.3) is 0 Å². The summed E-state index contributed by atoms with van der Waals surface area (Å²) >= 11 is 0.